The highest BCUT2D eigenvalue weighted by molar-refractivity contribution is 5.98. The van der Waals surface area contributed by atoms with Crippen LogP contribution in [-0.2, 0) is 11.2 Å². The van der Waals surface area contributed by atoms with Gasteiger partial charge in [0, 0.05) is 17.0 Å². The number of rotatable bonds is 3. The molecule has 6 nitrogen and oxygen atoms in total. The van der Waals surface area contributed by atoms with Gasteiger partial charge in [-0.2, -0.15) is 0 Å². The van der Waals surface area contributed by atoms with Gasteiger partial charge < -0.3 is 15.5 Å². The van der Waals surface area contributed by atoms with Gasteiger partial charge in [-0.25, -0.2) is 0 Å². The van der Waals surface area contributed by atoms with Crippen LogP contribution in [0.3, 0.4) is 0 Å². The molecule has 0 amide bonds. The number of phenols is 1. The molecule has 3 N–H and O–H groups in total. The van der Waals surface area contributed by atoms with E-state index in [1.807, 2.05) is 0 Å². The van der Waals surface area contributed by atoms with Crippen molar-refractivity contribution in [1.82, 2.24) is 9.88 Å². The van der Waals surface area contributed by atoms with Crippen molar-refractivity contribution in [3.05, 3.63) is 29.5 Å². The fourth-order valence-corrected chi connectivity index (χ4v) is 3.38. The molecule has 2 heterocycles. The van der Waals surface area contributed by atoms with Crippen molar-refractivity contribution in [2.75, 3.05) is 13.1 Å². The molecule has 1 aromatic carbocycles. The number of piperidine rings is 1. The van der Waals surface area contributed by atoms with Crippen molar-refractivity contribution in [3.63, 3.8) is 0 Å². The SMILES string of the molecule is Cc1c(CC(=O)O)c2cc(O)ccc2n1C(=O)C1CCNCC1. The fourth-order valence-electron chi connectivity index (χ4n) is 3.38. The second-order valence-corrected chi connectivity index (χ2v) is 6.03. The largest absolute Gasteiger partial charge is 0.508 e. The van der Waals surface area contributed by atoms with Crippen LogP contribution in [0.15, 0.2) is 18.2 Å². The molecular weight excluding hydrogens is 296 g/mol. The van der Waals surface area contributed by atoms with Crippen molar-refractivity contribution in [2.24, 2.45) is 5.92 Å². The second kappa shape index (κ2) is 6.04. The Morgan fingerprint density at radius 1 is 1.30 bits per heavy atom. The van der Waals surface area contributed by atoms with Gasteiger partial charge in [-0.15, -0.1) is 0 Å². The Labute approximate surface area is 133 Å². The maximum Gasteiger partial charge on any atom is 0.307 e. The molecule has 1 aliphatic heterocycles. The van der Waals surface area contributed by atoms with E-state index >= 15 is 0 Å². The quantitative estimate of drug-likeness (QED) is 0.805. The molecule has 0 spiro atoms. The molecule has 0 bridgehead atoms. The van der Waals surface area contributed by atoms with Crippen LogP contribution < -0.4 is 5.32 Å². The summed E-state index contributed by atoms with van der Waals surface area (Å²) < 4.78 is 1.63. The van der Waals surface area contributed by atoms with Gasteiger partial charge in [-0.1, -0.05) is 0 Å². The average Bonchev–Trinajstić information content (AvgIpc) is 2.79. The van der Waals surface area contributed by atoms with Crippen LogP contribution in [0.1, 0.15) is 28.9 Å². The molecule has 23 heavy (non-hydrogen) atoms. The number of phenolic OH excluding ortho intramolecular Hbond substituents is 1. The summed E-state index contributed by atoms with van der Waals surface area (Å²) in [6.07, 6.45) is 1.40. The van der Waals surface area contributed by atoms with Crippen molar-refractivity contribution in [3.8, 4) is 5.75 Å². The lowest BCUT2D eigenvalue weighted by atomic mass is 9.97. The number of carbonyl (C=O) groups excluding carboxylic acids is 1. The van der Waals surface area contributed by atoms with Crippen molar-refractivity contribution < 1.29 is 19.8 Å². The van der Waals surface area contributed by atoms with Crippen molar-refractivity contribution in [1.29, 1.82) is 0 Å². The zero-order valence-corrected chi connectivity index (χ0v) is 13.0. The lowest BCUT2D eigenvalue weighted by Gasteiger charge is -2.22. The summed E-state index contributed by atoms with van der Waals surface area (Å²) >= 11 is 0. The summed E-state index contributed by atoms with van der Waals surface area (Å²) in [5.74, 6) is -0.936. The standard InChI is InChI=1S/C17H20N2O4/c1-10-13(9-16(21)22)14-8-12(20)2-3-15(14)19(10)17(23)11-4-6-18-7-5-11/h2-3,8,11,18,20H,4-7,9H2,1H3,(H,21,22). The third kappa shape index (κ3) is 2.82. The van der Waals surface area contributed by atoms with Gasteiger partial charge in [0.2, 0.25) is 5.91 Å². The number of hydrogen-bond acceptors (Lipinski definition) is 4. The number of nitrogens with zero attached hydrogens (tertiary/aromatic N) is 1. The highest BCUT2D eigenvalue weighted by Gasteiger charge is 2.27. The minimum atomic E-state index is -0.954. The molecule has 2 aromatic rings. The number of benzene rings is 1. The molecule has 1 aromatic heterocycles. The van der Waals surface area contributed by atoms with E-state index in [0.29, 0.717) is 22.2 Å². The number of nitrogens with one attached hydrogen (secondary N) is 1. The number of aliphatic carboxylic acids is 1. The molecular formula is C17H20N2O4. The van der Waals surface area contributed by atoms with Crippen LogP contribution in [0.4, 0.5) is 0 Å². The summed E-state index contributed by atoms with van der Waals surface area (Å²) in [6.45, 7) is 3.41. The number of carboxylic acids is 1. The number of carbonyl (C=O) groups is 2. The summed E-state index contributed by atoms with van der Waals surface area (Å²) in [4.78, 5) is 24.1. The molecule has 0 atom stereocenters. The Bertz CT molecular complexity index is 772. The smallest absolute Gasteiger partial charge is 0.307 e. The van der Waals surface area contributed by atoms with Crippen LogP contribution >= 0.6 is 0 Å². The summed E-state index contributed by atoms with van der Waals surface area (Å²) in [5.41, 5.74) is 1.90. The van der Waals surface area contributed by atoms with Crippen LogP contribution in [0.5, 0.6) is 5.75 Å². The minimum Gasteiger partial charge on any atom is -0.508 e. The van der Waals surface area contributed by atoms with Gasteiger partial charge in [0.1, 0.15) is 5.75 Å². The predicted octanol–water partition coefficient (Wildman–Crippen LogP) is 1.92. The molecule has 0 radical (unpaired) electrons. The molecule has 1 saturated heterocycles. The van der Waals surface area contributed by atoms with Crippen molar-refractivity contribution >= 4 is 22.8 Å². The minimum absolute atomic E-state index is 0.0105. The highest BCUT2D eigenvalue weighted by Crippen LogP contribution is 2.31. The van der Waals surface area contributed by atoms with E-state index in [4.69, 9.17) is 5.11 Å². The molecule has 122 valence electrons. The molecule has 6 heteroatoms. The Morgan fingerprint density at radius 3 is 2.65 bits per heavy atom. The Balaban J connectivity index is 2.14. The third-order valence-corrected chi connectivity index (χ3v) is 4.56. The van der Waals surface area contributed by atoms with Crippen LogP contribution in [0, 0.1) is 12.8 Å². The first-order valence-electron chi connectivity index (χ1n) is 7.78. The number of carboxylic acid groups (broad SMARTS) is 1. The van der Waals surface area contributed by atoms with E-state index < -0.39 is 5.97 Å². The molecule has 0 saturated carbocycles. The zero-order chi connectivity index (χ0) is 16.6. The van der Waals surface area contributed by atoms with E-state index in [1.165, 1.54) is 12.1 Å². The van der Waals surface area contributed by atoms with Crippen LogP contribution in [-0.4, -0.2) is 39.7 Å². The number of aromatic nitrogens is 1. The second-order valence-electron chi connectivity index (χ2n) is 6.03. The number of aromatic hydroxyl groups is 1. The first-order chi connectivity index (χ1) is 11.0. The molecule has 1 fully saturated rings. The Hall–Kier alpha value is -2.34. The molecule has 3 rings (SSSR count). The fraction of sp³-hybridized carbons (Fsp3) is 0.412. The van der Waals surface area contributed by atoms with Gasteiger partial charge >= 0.3 is 5.97 Å². The maximum atomic E-state index is 12.9. The topological polar surface area (TPSA) is 91.6 Å². The van der Waals surface area contributed by atoms with E-state index in [2.05, 4.69) is 5.32 Å². The van der Waals surface area contributed by atoms with E-state index in [9.17, 15) is 14.7 Å². The van der Waals surface area contributed by atoms with E-state index in [-0.39, 0.29) is 24.0 Å². The molecule has 0 unspecified atom stereocenters. The lowest BCUT2D eigenvalue weighted by Crippen LogP contribution is -2.34. The third-order valence-electron chi connectivity index (χ3n) is 4.56. The Morgan fingerprint density at radius 2 is 2.00 bits per heavy atom. The summed E-state index contributed by atoms with van der Waals surface area (Å²) in [5, 5.41) is 22.7. The Kier molecular flexibility index (Phi) is 4.09. The van der Waals surface area contributed by atoms with Gasteiger partial charge in [-0.05, 0) is 56.6 Å². The first-order valence-corrected chi connectivity index (χ1v) is 7.78. The first kappa shape index (κ1) is 15.6. The van der Waals surface area contributed by atoms with Crippen LogP contribution in [0.2, 0.25) is 0 Å². The summed E-state index contributed by atoms with van der Waals surface area (Å²) in [7, 11) is 0. The molecule has 0 aliphatic carbocycles. The van der Waals surface area contributed by atoms with Gasteiger partial charge in [0.05, 0.1) is 11.9 Å². The van der Waals surface area contributed by atoms with Gasteiger partial charge in [0.15, 0.2) is 0 Å². The summed E-state index contributed by atoms with van der Waals surface area (Å²) in [6, 6.07) is 4.74. The van der Waals surface area contributed by atoms with Crippen molar-refractivity contribution in [2.45, 2.75) is 26.2 Å². The predicted molar refractivity (Wildman–Crippen MR) is 85.9 cm³/mol. The number of hydrogen-bond donors (Lipinski definition) is 3. The highest BCUT2D eigenvalue weighted by atomic mass is 16.4. The van der Waals surface area contributed by atoms with E-state index in [0.717, 1.165) is 25.9 Å². The van der Waals surface area contributed by atoms with Gasteiger partial charge in [0.25, 0.3) is 0 Å². The molecule has 1 aliphatic rings. The zero-order valence-electron chi connectivity index (χ0n) is 13.0. The average molecular weight is 316 g/mol. The normalized spacial score (nSPS) is 15.9. The maximum absolute atomic E-state index is 12.9. The van der Waals surface area contributed by atoms with E-state index in [1.54, 1.807) is 17.6 Å². The van der Waals surface area contributed by atoms with Gasteiger partial charge in [-0.3, -0.25) is 14.2 Å². The monoisotopic (exact) mass is 316 g/mol. The number of fused-ring (bicyclic) bond motifs is 1. The van der Waals surface area contributed by atoms with Crippen LogP contribution in [0.25, 0.3) is 10.9 Å². The lowest BCUT2D eigenvalue weighted by molar-refractivity contribution is -0.136.